The predicted molar refractivity (Wildman–Crippen MR) is 62.0 cm³/mol. The summed E-state index contributed by atoms with van der Waals surface area (Å²) in [5.74, 6) is 0.797. The fraction of sp³-hybridized carbons (Fsp3) is 0.167. The molecule has 0 amide bonds. The molecule has 0 saturated carbocycles. The van der Waals surface area contributed by atoms with Crippen LogP contribution < -0.4 is 0 Å². The van der Waals surface area contributed by atoms with Crippen molar-refractivity contribution in [2.24, 2.45) is 0 Å². The van der Waals surface area contributed by atoms with Gasteiger partial charge in [-0.3, -0.25) is 0 Å². The van der Waals surface area contributed by atoms with E-state index in [0.717, 1.165) is 17.0 Å². The quantitative estimate of drug-likeness (QED) is 0.760. The third-order valence-corrected chi connectivity index (χ3v) is 2.96. The molecule has 0 radical (unpaired) electrons. The maximum absolute atomic E-state index is 8.66. The second kappa shape index (κ2) is 4.86. The molecule has 0 bridgehead atoms. The fourth-order valence-corrected chi connectivity index (χ4v) is 2.03. The molecule has 0 fully saturated rings. The fourth-order valence-electron chi connectivity index (χ4n) is 1.22. The van der Waals surface area contributed by atoms with E-state index >= 15 is 0 Å². The van der Waals surface area contributed by atoms with Gasteiger partial charge in [-0.1, -0.05) is 23.9 Å². The van der Waals surface area contributed by atoms with Crippen molar-refractivity contribution in [3.05, 3.63) is 47.3 Å². The Bertz CT molecular complexity index is 511. The Kier molecular flexibility index (Phi) is 3.28. The van der Waals surface area contributed by atoms with Gasteiger partial charge >= 0.3 is 0 Å². The van der Waals surface area contributed by atoms with Gasteiger partial charge in [-0.25, -0.2) is 4.98 Å². The second-order valence-electron chi connectivity index (χ2n) is 3.35. The molecule has 1 aromatic carbocycles. The molecule has 0 saturated heterocycles. The Morgan fingerprint density at radius 3 is 2.69 bits per heavy atom. The number of hydrogen-bond donors (Lipinski definition) is 0. The van der Waals surface area contributed by atoms with Crippen molar-refractivity contribution in [3.63, 3.8) is 0 Å². The largest absolute Gasteiger partial charge is 0.440 e. The number of benzene rings is 1. The highest BCUT2D eigenvalue weighted by Crippen LogP contribution is 2.21. The number of nitrogens with zero attached hydrogens (tertiary/aromatic N) is 2. The topological polar surface area (TPSA) is 49.8 Å². The van der Waals surface area contributed by atoms with E-state index in [9.17, 15) is 0 Å². The molecule has 0 aliphatic rings. The molecule has 16 heavy (non-hydrogen) atoms. The maximum Gasteiger partial charge on any atom is 0.256 e. The molecule has 0 aliphatic heterocycles. The summed E-state index contributed by atoms with van der Waals surface area (Å²) in [5.41, 5.74) is 2.72. The summed E-state index contributed by atoms with van der Waals surface area (Å²) >= 11 is 1.55. The van der Waals surface area contributed by atoms with Gasteiger partial charge in [-0.2, -0.15) is 5.26 Å². The van der Waals surface area contributed by atoms with E-state index in [0.29, 0.717) is 10.8 Å². The molecule has 0 spiro atoms. The van der Waals surface area contributed by atoms with Crippen molar-refractivity contribution in [2.75, 3.05) is 0 Å². The number of hydrogen-bond acceptors (Lipinski definition) is 4. The molecule has 4 heteroatoms. The first-order valence-corrected chi connectivity index (χ1v) is 5.80. The van der Waals surface area contributed by atoms with Crippen molar-refractivity contribution in [1.29, 1.82) is 5.26 Å². The number of nitriles is 1. The molecule has 1 aromatic heterocycles. The third-order valence-electron chi connectivity index (χ3n) is 2.04. The van der Waals surface area contributed by atoms with Crippen LogP contribution in [0.15, 0.2) is 40.2 Å². The van der Waals surface area contributed by atoms with Crippen LogP contribution in [-0.4, -0.2) is 4.98 Å². The van der Waals surface area contributed by atoms with Gasteiger partial charge in [-0.15, -0.1) is 0 Å². The van der Waals surface area contributed by atoms with Crippen molar-refractivity contribution in [1.82, 2.24) is 4.98 Å². The first kappa shape index (κ1) is 10.8. The van der Waals surface area contributed by atoms with Crippen LogP contribution in [0.4, 0.5) is 0 Å². The summed E-state index contributed by atoms with van der Waals surface area (Å²) in [6.45, 7) is 1.90. The SMILES string of the molecule is Cc1coc(SCc2ccc(C#N)cc2)n1. The zero-order valence-corrected chi connectivity index (χ0v) is 9.62. The molecular weight excluding hydrogens is 220 g/mol. The normalized spacial score (nSPS) is 10.0. The summed E-state index contributed by atoms with van der Waals surface area (Å²) < 4.78 is 5.23. The highest BCUT2D eigenvalue weighted by atomic mass is 32.2. The minimum absolute atomic E-state index is 0.681. The van der Waals surface area contributed by atoms with E-state index in [4.69, 9.17) is 9.68 Å². The first-order valence-electron chi connectivity index (χ1n) is 4.82. The number of oxazole rings is 1. The minimum Gasteiger partial charge on any atom is -0.440 e. The Hall–Kier alpha value is -1.73. The van der Waals surface area contributed by atoms with Crippen LogP contribution in [0, 0.1) is 18.3 Å². The molecule has 3 nitrogen and oxygen atoms in total. The van der Waals surface area contributed by atoms with Gasteiger partial charge in [0.25, 0.3) is 5.22 Å². The van der Waals surface area contributed by atoms with Gasteiger partial charge in [0.1, 0.15) is 6.26 Å². The summed E-state index contributed by atoms with van der Waals surface area (Å²) in [6.07, 6.45) is 1.64. The lowest BCUT2D eigenvalue weighted by molar-refractivity contribution is 0.454. The van der Waals surface area contributed by atoms with E-state index in [1.807, 2.05) is 31.2 Å². The Labute approximate surface area is 98.1 Å². The van der Waals surface area contributed by atoms with Crippen molar-refractivity contribution in [3.8, 4) is 6.07 Å². The standard InChI is InChI=1S/C12H10N2OS/c1-9-7-15-12(14-9)16-8-11-4-2-10(6-13)3-5-11/h2-5,7H,8H2,1H3. The van der Waals surface area contributed by atoms with Crippen LogP contribution in [0.25, 0.3) is 0 Å². The predicted octanol–water partition coefficient (Wildman–Crippen LogP) is 3.15. The molecule has 2 rings (SSSR count). The van der Waals surface area contributed by atoms with Gasteiger partial charge in [-0.05, 0) is 24.6 Å². The summed E-state index contributed by atoms with van der Waals surface area (Å²) in [5, 5.41) is 9.34. The maximum atomic E-state index is 8.66. The van der Waals surface area contributed by atoms with Crippen LogP contribution in [0.1, 0.15) is 16.8 Å². The van der Waals surface area contributed by atoms with E-state index in [2.05, 4.69) is 11.1 Å². The first-order chi connectivity index (χ1) is 7.78. The number of thioether (sulfide) groups is 1. The lowest BCUT2D eigenvalue weighted by atomic mass is 10.2. The average molecular weight is 230 g/mol. The highest BCUT2D eigenvalue weighted by molar-refractivity contribution is 7.98. The van der Waals surface area contributed by atoms with E-state index < -0.39 is 0 Å². The molecule has 80 valence electrons. The zero-order valence-electron chi connectivity index (χ0n) is 8.80. The number of rotatable bonds is 3. The van der Waals surface area contributed by atoms with Gasteiger partial charge in [0, 0.05) is 5.75 Å². The molecule has 0 N–H and O–H groups in total. The van der Waals surface area contributed by atoms with Crippen LogP contribution in [-0.2, 0) is 5.75 Å². The van der Waals surface area contributed by atoms with Crippen LogP contribution >= 0.6 is 11.8 Å². The number of aromatic nitrogens is 1. The van der Waals surface area contributed by atoms with E-state index in [1.165, 1.54) is 0 Å². The highest BCUT2D eigenvalue weighted by Gasteiger charge is 2.02. The lowest BCUT2D eigenvalue weighted by Crippen LogP contribution is -1.81. The molecule has 0 aliphatic carbocycles. The minimum atomic E-state index is 0.681. The summed E-state index contributed by atoms with van der Waals surface area (Å²) in [6, 6.07) is 9.62. The Balaban J connectivity index is 1.97. The van der Waals surface area contributed by atoms with Crippen molar-refractivity contribution < 1.29 is 4.42 Å². The van der Waals surface area contributed by atoms with Gasteiger partial charge in [0.2, 0.25) is 0 Å². The lowest BCUT2D eigenvalue weighted by Gasteiger charge is -1.97. The van der Waals surface area contributed by atoms with E-state index in [1.54, 1.807) is 18.0 Å². The van der Waals surface area contributed by atoms with Crippen LogP contribution in [0.5, 0.6) is 0 Å². The zero-order chi connectivity index (χ0) is 11.4. The molecule has 2 aromatic rings. The molecule has 1 heterocycles. The van der Waals surface area contributed by atoms with Crippen molar-refractivity contribution in [2.45, 2.75) is 17.9 Å². The van der Waals surface area contributed by atoms with Gasteiger partial charge in [0.15, 0.2) is 0 Å². The average Bonchev–Trinajstić information content (AvgIpc) is 2.73. The summed E-state index contributed by atoms with van der Waals surface area (Å²) in [7, 11) is 0. The summed E-state index contributed by atoms with van der Waals surface area (Å²) in [4.78, 5) is 4.20. The third kappa shape index (κ3) is 2.65. The Morgan fingerprint density at radius 2 is 2.12 bits per heavy atom. The van der Waals surface area contributed by atoms with Gasteiger partial charge in [0.05, 0.1) is 17.3 Å². The molecule has 0 unspecified atom stereocenters. The van der Waals surface area contributed by atoms with Gasteiger partial charge < -0.3 is 4.42 Å². The Morgan fingerprint density at radius 1 is 1.38 bits per heavy atom. The van der Waals surface area contributed by atoms with Crippen molar-refractivity contribution >= 4 is 11.8 Å². The van der Waals surface area contributed by atoms with Crippen LogP contribution in [0.3, 0.4) is 0 Å². The monoisotopic (exact) mass is 230 g/mol. The smallest absolute Gasteiger partial charge is 0.256 e. The number of aryl methyl sites for hydroxylation is 1. The molecule has 0 atom stereocenters. The second-order valence-corrected chi connectivity index (χ2v) is 4.28. The van der Waals surface area contributed by atoms with E-state index in [-0.39, 0.29) is 0 Å². The van der Waals surface area contributed by atoms with Crippen LogP contribution in [0.2, 0.25) is 0 Å². The molecular formula is C12H10N2OS.